The third-order valence-corrected chi connectivity index (χ3v) is 3.63. The molecule has 0 aliphatic heterocycles. The van der Waals surface area contributed by atoms with Crippen LogP contribution in [0.2, 0.25) is 0 Å². The monoisotopic (exact) mass is 374 g/mol. The Morgan fingerprint density at radius 2 is 1.85 bits per heavy atom. The molecule has 1 atom stereocenters. The Kier molecular flexibility index (Phi) is 8.02. The van der Waals surface area contributed by atoms with E-state index in [0.29, 0.717) is 42.9 Å². The predicted molar refractivity (Wildman–Crippen MR) is 103 cm³/mol. The molecule has 0 spiro atoms. The van der Waals surface area contributed by atoms with Crippen LogP contribution in [0.5, 0.6) is 11.5 Å². The Balaban J connectivity index is 1.68. The zero-order chi connectivity index (χ0) is 19.5. The number of hydrogen-bond donors (Lipinski definition) is 3. The van der Waals surface area contributed by atoms with Crippen molar-refractivity contribution in [1.82, 2.24) is 16.0 Å². The van der Waals surface area contributed by atoms with Crippen LogP contribution in [0.4, 0.5) is 0 Å². The third-order valence-electron chi connectivity index (χ3n) is 3.63. The lowest BCUT2D eigenvalue weighted by molar-refractivity contribution is 0.0926. The van der Waals surface area contributed by atoms with E-state index in [-0.39, 0.29) is 12.0 Å². The van der Waals surface area contributed by atoms with Gasteiger partial charge in [-0.05, 0) is 31.2 Å². The smallest absolute Gasteiger partial charge is 0.287 e. The first-order chi connectivity index (χ1) is 13.1. The lowest BCUT2D eigenvalue weighted by atomic mass is 10.3. The Hall–Kier alpha value is -3.16. The van der Waals surface area contributed by atoms with Crippen molar-refractivity contribution in [1.29, 1.82) is 0 Å². The Bertz CT molecular complexity index is 731. The average Bonchev–Trinajstić information content (AvgIpc) is 3.22. The number of rotatable bonds is 9. The zero-order valence-corrected chi connectivity index (χ0v) is 15.8. The van der Waals surface area contributed by atoms with Crippen molar-refractivity contribution in [2.45, 2.75) is 13.0 Å². The normalized spacial score (nSPS) is 12.2. The van der Waals surface area contributed by atoms with Crippen LogP contribution in [0.1, 0.15) is 17.5 Å². The molecule has 2 rings (SSSR count). The van der Waals surface area contributed by atoms with Gasteiger partial charge in [-0.25, -0.2) is 0 Å². The first kappa shape index (κ1) is 20.2. The number of benzene rings is 1. The van der Waals surface area contributed by atoms with Gasteiger partial charge in [0.15, 0.2) is 23.2 Å². The molecular weight excluding hydrogens is 348 g/mol. The van der Waals surface area contributed by atoms with Gasteiger partial charge in [0.05, 0.1) is 19.9 Å². The number of furan rings is 1. The summed E-state index contributed by atoms with van der Waals surface area (Å²) in [5.74, 6) is 2.05. The molecule has 0 saturated carbocycles. The summed E-state index contributed by atoms with van der Waals surface area (Å²) in [5, 5.41) is 9.07. The molecule has 3 N–H and O–H groups in total. The lowest BCUT2D eigenvalue weighted by Gasteiger charge is -2.19. The zero-order valence-electron chi connectivity index (χ0n) is 15.8. The molecule has 1 unspecified atom stereocenters. The maximum atomic E-state index is 11.8. The Morgan fingerprint density at radius 1 is 1.11 bits per heavy atom. The van der Waals surface area contributed by atoms with Crippen LogP contribution in [0.3, 0.4) is 0 Å². The molecule has 1 aromatic heterocycles. The van der Waals surface area contributed by atoms with Gasteiger partial charge in [0.1, 0.15) is 6.10 Å². The number of guanidine groups is 1. The summed E-state index contributed by atoms with van der Waals surface area (Å²) >= 11 is 0. The number of amides is 1. The predicted octanol–water partition coefficient (Wildman–Crippen LogP) is 1.65. The van der Waals surface area contributed by atoms with Crippen molar-refractivity contribution in [2.24, 2.45) is 4.99 Å². The van der Waals surface area contributed by atoms with Gasteiger partial charge in [-0.15, -0.1) is 0 Å². The highest BCUT2D eigenvalue weighted by Crippen LogP contribution is 2.26. The second kappa shape index (κ2) is 10.7. The van der Waals surface area contributed by atoms with Gasteiger partial charge in [0, 0.05) is 20.1 Å². The SMILES string of the molecule is CN=C(NCCNC(=O)c1ccco1)NCC(C)Oc1ccccc1OC. The molecule has 0 aliphatic rings. The van der Waals surface area contributed by atoms with Crippen molar-refractivity contribution in [2.75, 3.05) is 33.8 Å². The Morgan fingerprint density at radius 3 is 2.52 bits per heavy atom. The standard InChI is InChI=1S/C19H26N4O4/c1-14(27-16-8-5-4-7-15(16)25-3)13-23-19(20-2)22-11-10-21-18(24)17-9-6-12-26-17/h4-9,12,14H,10-11,13H2,1-3H3,(H,21,24)(H2,20,22,23). The van der Waals surface area contributed by atoms with Crippen LogP contribution in [0.15, 0.2) is 52.1 Å². The first-order valence-electron chi connectivity index (χ1n) is 8.70. The third kappa shape index (κ3) is 6.58. The van der Waals surface area contributed by atoms with Gasteiger partial charge >= 0.3 is 0 Å². The van der Waals surface area contributed by atoms with Crippen LogP contribution in [0, 0.1) is 0 Å². The molecule has 1 heterocycles. The van der Waals surface area contributed by atoms with Crippen LogP contribution in [-0.4, -0.2) is 51.8 Å². The number of nitrogens with one attached hydrogen (secondary N) is 3. The largest absolute Gasteiger partial charge is 0.493 e. The second-order valence-electron chi connectivity index (χ2n) is 5.69. The van der Waals surface area contributed by atoms with E-state index in [1.54, 1.807) is 26.3 Å². The molecular formula is C19H26N4O4. The van der Waals surface area contributed by atoms with E-state index in [9.17, 15) is 4.79 Å². The molecule has 8 nitrogen and oxygen atoms in total. The maximum Gasteiger partial charge on any atom is 0.287 e. The highest BCUT2D eigenvalue weighted by Gasteiger charge is 2.10. The molecule has 1 aromatic carbocycles. The fraction of sp³-hybridized carbons (Fsp3) is 0.368. The van der Waals surface area contributed by atoms with Crippen LogP contribution >= 0.6 is 0 Å². The van der Waals surface area contributed by atoms with E-state index in [4.69, 9.17) is 13.9 Å². The van der Waals surface area contributed by atoms with Gasteiger partial charge in [-0.2, -0.15) is 0 Å². The summed E-state index contributed by atoms with van der Waals surface area (Å²) in [6, 6.07) is 10.8. The van der Waals surface area contributed by atoms with Crippen LogP contribution in [0.25, 0.3) is 0 Å². The number of para-hydroxylation sites is 2. The Labute approximate surface area is 159 Å². The van der Waals surface area contributed by atoms with E-state index < -0.39 is 0 Å². The second-order valence-corrected chi connectivity index (χ2v) is 5.69. The van der Waals surface area contributed by atoms with E-state index in [1.807, 2.05) is 31.2 Å². The summed E-state index contributed by atoms with van der Waals surface area (Å²) in [7, 11) is 3.30. The highest BCUT2D eigenvalue weighted by molar-refractivity contribution is 5.91. The number of carbonyl (C=O) groups is 1. The van der Waals surface area contributed by atoms with Crippen molar-refractivity contribution in [3.8, 4) is 11.5 Å². The van der Waals surface area contributed by atoms with E-state index in [0.717, 1.165) is 0 Å². The first-order valence-corrected chi connectivity index (χ1v) is 8.70. The van der Waals surface area contributed by atoms with Crippen LogP contribution < -0.4 is 25.4 Å². The molecule has 0 bridgehead atoms. The summed E-state index contributed by atoms with van der Waals surface area (Å²) in [4.78, 5) is 15.9. The van der Waals surface area contributed by atoms with Crippen molar-refractivity contribution >= 4 is 11.9 Å². The summed E-state index contributed by atoms with van der Waals surface area (Å²) in [5.41, 5.74) is 0. The van der Waals surface area contributed by atoms with E-state index in [1.165, 1.54) is 6.26 Å². The number of nitrogens with zero attached hydrogens (tertiary/aromatic N) is 1. The van der Waals surface area contributed by atoms with Crippen molar-refractivity contribution in [3.05, 3.63) is 48.4 Å². The number of carbonyl (C=O) groups excluding carboxylic acids is 1. The fourth-order valence-electron chi connectivity index (χ4n) is 2.29. The average molecular weight is 374 g/mol. The van der Waals surface area contributed by atoms with E-state index >= 15 is 0 Å². The minimum absolute atomic E-state index is 0.0986. The minimum atomic E-state index is -0.247. The molecule has 0 aliphatic carbocycles. The quantitative estimate of drug-likeness (QED) is 0.351. The van der Waals surface area contributed by atoms with Gasteiger partial charge < -0.3 is 29.8 Å². The van der Waals surface area contributed by atoms with Crippen molar-refractivity contribution in [3.63, 3.8) is 0 Å². The van der Waals surface area contributed by atoms with Crippen molar-refractivity contribution < 1.29 is 18.7 Å². The molecule has 146 valence electrons. The molecule has 1 amide bonds. The summed E-state index contributed by atoms with van der Waals surface area (Å²) in [6.07, 6.45) is 1.37. The van der Waals surface area contributed by atoms with Gasteiger partial charge in [0.25, 0.3) is 5.91 Å². The molecule has 27 heavy (non-hydrogen) atoms. The van der Waals surface area contributed by atoms with Gasteiger partial charge in [0.2, 0.25) is 0 Å². The number of methoxy groups -OCH3 is 1. The molecule has 8 heteroatoms. The number of hydrogen-bond acceptors (Lipinski definition) is 5. The highest BCUT2D eigenvalue weighted by atomic mass is 16.5. The number of ether oxygens (including phenoxy) is 2. The maximum absolute atomic E-state index is 11.8. The molecule has 0 saturated heterocycles. The topological polar surface area (TPSA) is 97.1 Å². The number of aliphatic imine (C=N–C) groups is 1. The fourth-order valence-corrected chi connectivity index (χ4v) is 2.29. The van der Waals surface area contributed by atoms with Gasteiger partial charge in [-0.3, -0.25) is 9.79 Å². The molecule has 2 aromatic rings. The lowest BCUT2D eigenvalue weighted by Crippen LogP contribution is -2.44. The minimum Gasteiger partial charge on any atom is -0.493 e. The van der Waals surface area contributed by atoms with Gasteiger partial charge in [-0.1, -0.05) is 12.1 Å². The molecule has 0 radical (unpaired) electrons. The molecule has 0 fully saturated rings. The van der Waals surface area contributed by atoms with Crippen LogP contribution in [-0.2, 0) is 0 Å². The summed E-state index contributed by atoms with van der Waals surface area (Å²) in [6.45, 7) is 3.47. The van der Waals surface area contributed by atoms with E-state index in [2.05, 4.69) is 20.9 Å². The summed E-state index contributed by atoms with van der Waals surface area (Å²) < 4.78 is 16.2.